The third-order valence-corrected chi connectivity index (χ3v) is 7.75. The number of hydrogen-bond acceptors (Lipinski definition) is 5. The van der Waals surface area contributed by atoms with E-state index in [1.165, 1.54) is 32.1 Å². The minimum absolute atomic E-state index is 0.0276. The van der Waals surface area contributed by atoms with Crippen LogP contribution in [0.15, 0.2) is 91.3 Å². The maximum Gasteiger partial charge on any atom is 0.343 e. The Kier molecular flexibility index (Phi) is 12.4. The number of esters is 1. The maximum atomic E-state index is 12.9. The first-order valence-electron chi connectivity index (χ1n) is 15.3. The van der Waals surface area contributed by atoms with Crippen molar-refractivity contribution in [1.29, 1.82) is 0 Å². The Bertz CT molecular complexity index is 1500. The summed E-state index contributed by atoms with van der Waals surface area (Å²) in [7, 11) is 4.02. The number of unbranched alkanes of at least 4 members (excludes halogenated alkanes) is 5. The summed E-state index contributed by atoms with van der Waals surface area (Å²) in [5, 5.41) is 0.274. The molecule has 6 nitrogen and oxygen atoms in total. The summed E-state index contributed by atoms with van der Waals surface area (Å²) in [6, 6.07) is 23.8. The molecule has 7 heteroatoms. The van der Waals surface area contributed by atoms with Gasteiger partial charge in [0.25, 0.3) is 0 Å². The molecule has 0 atom stereocenters. The molecule has 0 amide bonds. The van der Waals surface area contributed by atoms with Crippen LogP contribution in [0, 0.1) is 0 Å². The molecule has 230 valence electrons. The first-order chi connectivity index (χ1) is 21.3. The fourth-order valence-electron chi connectivity index (χ4n) is 4.80. The van der Waals surface area contributed by atoms with E-state index >= 15 is 0 Å². The Morgan fingerprint density at radius 2 is 1.41 bits per heavy atom. The number of halogens is 1. The zero-order valence-corrected chi connectivity index (χ0v) is 26.7. The van der Waals surface area contributed by atoms with Crippen molar-refractivity contribution < 1.29 is 23.6 Å². The van der Waals surface area contributed by atoms with Gasteiger partial charge in [0.05, 0.1) is 17.2 Å². The third-order valence-electron chi connectivity index (χ3n) is 7.45. The summed E-state index contributed by atoms with van der Waals surface area (Å²) < 4.78 is 13.5. The number of nitrogens with zero attached hydrogens (tertiary/aromatic N) is 2. The van der Waals surface area contributed by atoms with Gasteiger partial charge in [-0.15, -0.1) is 0 Å². The molecule has 3 aromatic carbocycles. The van der Waals surface area contributed by atoms with Crippen molar-refractivity contribution in [3.63, 3.8) is 0 Å². The molecule has 0 spiro atoms. The highest BCUT2D eigenvalue weighted by atomic mass is 35.5. The Balaban J connectivity index is 1.25. The predicted molar refractivity (Wildman–Crippen MR) is 176 cm³/mol. The van der Waals surface area contributed by atoms with E-state index in [-0.39, 0.29) is 23.0 Å². The van der Waals surface area contributed by atoms with E-state index < -0.39 is 5.97 Å². The smallest absolute Gasteiger partial charge is 0.343 e. The summed E-state index contributed by atoms with van der Waals surface area (Å²) in [5.74, 6) is 0.498. The van der Waals surface area contributed by atoms with Crippen LogP contribution in [-0.2, 0) is 13.0 Å². The molecule has 0 N–H and O–H groups in total. The zero-order valence-electron chi connectivity index (χ0n) is 25.9. The van der Waals surface area contributed by atoms with E-state index in [1.54, 1.807) is 42.5 Å². The normalized spacial score (nSPS) is 10.8. The topological polar surface area (TPSA) is 59.7 Å². The molecule has 0 bridgehead atoms. The molecule has 44 heavy (non-hydrogen) atoms. The van der Waals surface area contributed by atoms with Crippen LogP contribution in [-0.4, -0.2) is 32.5 Å². The highest BCUT2D eigenvalue weighted by molar-refractivity contribution is 6.32. The van der Waals surface area contributed by atoms with Gasteiger partial charge < -0.3 is 14.4 Å². The predicted octanol–water partition coefficient (Wildman–Crippen LogP) is 8.13. The second-order valence-electron chi connectivity index (χ2n) is 11.2. The van der Waals surface area contributed by atoms with Gasteiger partial charge in [0.1, 0.15) is 11.5 Å². The lowest BCUT2D eigenvalue weighted by molar-refractivity contribution is -0.688. The monoisotopic (exact) mass is 613 g/mol. The molecule has 0 saturated carbocycles. The van der Waals surface area contributed by atoms with Crippen molar-refractivity contribution in [3.05, 3.63) is 119 Å². The van der Waals surface area contributed by atoms with Crippen LogP contribution in [0.4, 0.5) is 5.69 Å². The largest absolute Gasteiger partial charge is 0.494 e. The number of anilines is 1. The van der Waals surface area contributed by atoms with Gasteiger partial charge in [-0.05, 0) is 60.5 Å². The first kappa shape index (κ1) is 32.7. The molecule has 0 fully saturated rings. The number of aromatic nitrogens is 1. The van der Waals surface area contributed by atoms with Crippen molar-refractivity contribution in [2.24, 2.45) is 0 Å². The number of carbonyl (C=O) groups is 2. The molecule has 1 heterocycles. The highest BCUT2D eigenvalue weighted by Crippen LogP contribution is 2.27. The molecular formula is C37H42ClN2O4+. The number of Topliss-reactive ketones (excluding diaryl/α,β-unsaturated/α-hetero) is 1. The van der Waals surface area contributed by atoms with Crippen LogP contribution in [0.3, 0.4) is 0 Å². The fourth-order valence-corrected chi connectivity index (χ4v) is 5.04. The molecular weight excluding hydrogens is 572 g/mol. The number of carbonyl (C=O) groups excluding carboxylic acids is 2. The van der Waals surface area contributed by atoms with Gasteiger partial charge in [0.2, 0.25) is 0 Å². The molecule has 0 radical (unpaired) electrons. The lowest BCUT2D eigenvalue weighted by atomic mass is 10.0. The van der Waals surface area contributed by atoms with Crippen LogP contribution in [0.5, 0.6) is 11.5 Å². The van der Waals surface area contributed by atoms with Crippen molar-refractivity contribution in [2.45, 2.75) is 58.4 Å². The second-order valence-corrected chi connectivity index (χ2v) is 11.6. The van der Waals surface area contributed by atoms with Crippen LogP contribution in [0.2, 0.25) is 5.02 Å². The second kappa shape index (κ2) is 16.6. The van der Waals surface area contributed by atoms with Crippen LogP contribution < -0.4 is 18.9 Å². The SMILES string of the molecule is CCCCCCCCOc1ccc(C(=O)Cc2ccc(OC(=O)c3ccc(C[n+]4ccc(N(C)C)cc4)cc3)c(Cl)c2)cc1. The number of hydrogen-bond donors (Lipinski definition) is 0. The van der Waals surface area contributed by atoms with Crippen molar-refractivity contribution in [1.82, 2.24) is 0 Å². The molecule has 0 saturated heterocycles. The average Bonchev–Trinajstić information content (AvgIpc) is 3.03. The minimum atomic E-state index is -0.496. The number of benzene rings is 3. The maximum absolute atomic E-state index is 12.9. The molecule has 4 rings (SSSR count). The summed E-state index contributed by atoms with van der Waals surface area (Å²) in [6.07, 6.45) is 11.5. The van der Waals surface area contributed by atoms with Gasteiger partial charge in [0.15, 0.2) is 24.7 Å². The Hall–Kier alpha value is -4.16. The minimum Gasteiger partial charge on any atom is -0.494 e. The van der Waals surface area contributed by atoms with E-state index in [0.717, 1.165) is 29.0 Å². The molecule has 4 aromatic rings. The summed E-state index contributed by atoms with van der Waals surface area (Å²) in [4.78, 5) is 27.7. The summed E-state index contributed by atoms with van der Waals surface area (Å²) >= 11 is 6.44. The summed E-state index contributed by atoms with van der Waals surface area (Å²) in [6.45, 7) is 3.59. The Morgan fingerprint density at radius 1 is 0.773 bits per heavy atom. The van der Waals surface area contributed by atoms with E-state index in [2.05, 4.69) is 28.5 Å². The highest BCUT2D eigenvalue weighted by Gasteiger charge is 2.14. The van der Waals surface area contributed by atoms with Crippen molar-refractivity contribution in [3.8, 4) is 11.5 Å². The fraction of sp³-hybridized carbons (Fsp3) is 0.324. The van der Waals surface area contributed by atoms with E-state index in [4.69, 9.17) is 21.1 Å². The molecule has 1 aromatic heterocycles. The van der Waals surface area contributed by atoms with Gasteiger partial charge >= 0.3 is 5.97 Å². The zero-order chi connectivity index (χ0) is 31.3. The lowest BCUT2D eigenvalue weighted by Gasteiger charge is -2.10. The standard InChI is InChI=1S/C37H42ClN2O4/c1-4-5-6-7-8-9-24-43-33-17-15-30(16-18-33)35(41)26-29-12-19-36(34(38)25-29)44-37(42)31-13-10-28(11-14-31)27-40-22-20-32(21-23-40)39(2)3/h10-23,25H,4-9,24,26-27H2,1-3H3/q+1. The van der Waals surface area contributed by atoms with Crippen LogP contribution >= 0.6 is 11.6 Å². The Morgan fingerprint density at radius 3 is 2.07 bits per heavy atom. The Labute approximate surface area is 266 Å². The van der Waals surface area contributed by atoms with Crippen molar-refractivity contribution >= 4 is 29.0 Å². The molecule has 0 aliphatic heterocycles. The molecule has 0 unspecified atom stereocenters. The number of ether oxygens (including phenoxy) is 2. The molecule has 0 aliphatic rings. The van der Waals surface area contributed by atoms with E-state index in [1.807, 2.05) is 50.8 Å². The van der Waals surface area contributed by atoms with Crippen LogP contribution in [0.1, 0.15) is 77.3 Å². The average molecular weight is 614 g/mol. The molecule has 0 aliphatic carbocycles. The van der Waals surface area contributed by atoms with Crippen LogP contribution in [0.25, 0.3) is 0 Å². The third kappa shape index (κ3) is 9.95. The van der Waals surface area contributed by atoms with Gasteiger partial charge in [-0.2, -0.15) is 0 Å². The summed E-state index contributed by atoms with van der Waals surface area (Å²) in [5.41, 5.74) is 3.97. The van der Waals surface area contributed by atoms with Gasteiger partial charge in [-0.1, -0.05) is 68.8 Å². The van der Waals surface area contributed by atoms with Gasteiger partial charge in [0, 0.05) is 49.5 Å². The number of rotatable bonds is 16. The van der Waals surface area contributed by atoms with Gasteiger partial charge in [-0.3, -0.25) is 4.79 Å². The quantitative estimate of drug-likeness (QED) is 0.0420. The van der Waals surface area contributed by atoms with Crippen molar-refractivity contribution in [2.75, 3.05) is 25.6 Å². The number of ketones is 1. The lowest BCUT2D eigenvalue weighted by Crippen LogP contribution is -2.33. The van der Waals surface area contributed by atoms with E-state index in [9.17, 15) is 9.59 Å². The number of pyridine rings is 1. The van der Waals surface area contributed by atoms with Gasteiger partial charge in [-0.25, -0.2) is 9.36 Å². The first-order valence-corrected chi connectivity index (χ1v) is 15.7. The van der Waals surface area contributed by atoms with E-state index in [0.29, 0.717) is 24.3 Å².